The first kappa shape index (κ1) is 22.4. The van der Waals surface area contributed by atoms with Crippen molar-refractivity contribution < 1.29 is 19.1 Å². The molecule has 1 amide bonds. The van der Waals surface area contributed by atoms with Gasteiger partial charge in [0.2, 0.25) is 0 Å². The molecule has 0 atom stereocenters. The Hall–Kier alpha value is -2.89. The molecule has 6 heteroatoms. The first-order valence-electron chi connectivity index (χ1n) is 9.88. The maximum atomic E-state index is 13.2. The van der Waals surface area contributed by atoms with Crippen LogP contribution in [0.2, 0.25) is 0 Å². The van der Waals surface area contributed by atoms with E-state index in [0.717, 1.165) is 0 Å². The van der Waals surface area contributed by atoms with Gasteiger partial charge < -0.3 is 14.2 Å². The second-order valence-electron chi connectivity index (χ2n) is 7.54. The monoisotopic (exact) mass is 398 g/mol. The Morgan fingerprint density at radius 2 is 1.72 bits per heavy atom. The Morgan fingerprint density at radius 1 is 1.10 bits per heavy atom. The van der Waals surface area contributed by atoms with Crippen LogP contribution in [0.25, 0.3) is 0 Å². The van der Waals surface area contributed by atoms with Crippen molar-refractivity contribution in [3.8, 4) is 0 Å². The van der Waals surface area contributed by atoms with E-state index in [0.29, 0.717) is 41.2 Å². The highest BCUT2D eigenvalue weighted by molar-refractivity contribution is 6.06. The third kappa shape index (κ3) is 4.75. The Balaban J connectivity index is 2.40. The summed E-state index contributed by atoms with van der Waals surface area (Å²) in [6.07, 6.45) is 0. The molecule has 1 aromatic heterocycles. The number of aromatic nitrogens is 1. The van der Waals surface area contributed by atoms with Crippen LogP contribution in [0.4, 0.5) is 0 Å². The number of ketones is 1. The smallest absolute Gasteiger partial charge is 0.354 e. The third-order valence-corrected chi connectivity index (χ3v) is 4.97. The van der Waals surface area contributed by atoms with Crippen LogP contribution >= 0.6 is 0 Å². The van der Waals surface area contributed by atoms with Gasteiger partial charge in [-0.2, -0.15) is 0 Å². The first-order valence-corrected chi connectivity index (χ1v) is 9.88. The van der Waals surface area contributed by atoms with Crippen molar-refractivity contribution in [2.24, 2.45) is 5.92 Å². The molecule has 0 bridgehead atoms. The number of ether oxygens (including phenoxy) is 1. The molecule has 2 aromatic rings. The molecule has 0 fully saturated rings. The van der Waals surface area contributed by atoms with E-state index < -0.39 is 5.97 Å². The van der Waals surface area contributed by atoms with Crippen molar-refractivity contribution in [3.63, 3.8) is 0 Å². The van der Waals surface area contributed by atoms with Gasteiger partial charge in [-0.3, -0.25) is 9.59 Å². The van der Waals surface area contributed by atoms with Crippen molar-refractivity contribution >= 4 is 17.7 Å². The van der Waals surface area contributed by atoms with Crippen LogP contribution in [0.15, 0.2) is 30.3 Å². The summed E-state index contributed by atoms with van der Waals surface area (Å²) >= 11 is 0. The average molecular weight is 399 g/mol. The number of amides is 1. The van der Waals surface area contributed by atoms with Gasteiger partial charge in [-0.25, -0.2) is 4.79 Å². The fraction of sp³-hybridized carbons (Fsp3) is 0.435. The number of hydrogen-bond acceptors (Lipinski definition) is 4. The zero-order chi connectivity index (χ0) is 21.7. The van der Waals surface area contributed by atoms with Gasteiger partial charge in [0, 0.05) is 29.9 Å². The summed E-state index contributed by atoms with van der Waals surface area (Å²) in [5.74, 6) is -0.609. The summed E-state index contributed by atoms with van der Waals surface area (Å²) in [5, 5.41) is 0. The number of carbonyl (C=O) groups excluding carboxylic acids is 3. The standard InChI is InChI=1S/C23H30N2O4/c1-7-25-17(5)20(16(4)21(25)23(28)29-6)19(26)14-24(13-15(2)3)22(27)18-11-9-8-10-12-18/h8-12,15H,7,13-14H2,1-6H3. The van der Waals surface area contributed by atoms with Crippen molar-refractivity contribution in [2.75, 3.05) is 20.2 Å². The van der Waals surface area contributed by atoms with E-state index in [2.05, 4.69) is 0 Å². The molecule has 0 aliphatic rings. The summed E-state index contributed by atoms with van der Waals surface area (Å²) in [6, 6.07) is 8.96. The van der Waals surface area contributed by atoms with Gasteiger partial charge in [0.25, 0.3) is 5.91 Å². The van der Waals surface area contributed by atoms with Gasteiger partial charge in [0.1, 0.15) is 5.69 Å². The van der Waals surface area contributed by atoms with Crippen LogP contribution in [-0.2, 0) is 11.3 Å². The van der Waals surface area contributed by atoms with E-state index in [-0.39, 0.29) is 24.2 Å². The Kier molecular flexibility index (Phi) is 7.37. The predicted octanol–water partition coefficient (Wildman–Crippen LogP) is 3.89. The Morgan fingerprint density at radius 3 is 2.24 bits per heavy atom. The fourth-order valence-electron chi connectivity index (χ4n) is 3.74. The zero-order valence-electron chi connectivity index (χ0n) is 18.1. The maximum absolute atomic E-state index is 13.2. The summed E-state index contributed by atoms with van der Waals surface area (Å²) in [5.41, 5.74) is 2.74. The van der Waals surface area contributed by atoms with Gasteiger partial charge in [-0.1, -0.05) is 32.0 Å². The van der Waals surface area contributed by atoms with Gasteiger partial charge >= 0.3 is 5.97 Å². The van der Waals surface area contributed by atoms with Gasteiger partial charge in [-0.15, -0.1) is 0 Å². The van der Waals surface area contributed by atoms with Gasteiger partial charge in [0.15, 0.2) is 5.78 Å². The molecule has 0 spiro atoms. The molecule has 0 radical (unpaired) electrons. The summed E-state index contributed by atoms with van der Waals surface area (Å²) in [4.78, 5) is 40.1. The van der Waals surface area contributed by atoms with E-state index in [1.807, 2.05) is 33.8 Å². The van der Waals surface area contributed by atoms with Crippen molar-refractivity contribution in [3.05, 3.63) is 58.4 Å². The number of hydrogen-bond donors (Lipinski definition) is 0. The highest BCUT2D eigenvalue weighted by Gasteiger charge is 2.28. The lowest BCUT2D eigenvalue weighted by Gasteiger charge is -2.24. The predicted molar refractivity (Wildman–Crippen MR) is 112 cm³/mol. The average Bonchev–Trinajstić information content (AvgIpc) is 2.96. The number of benzene rings is 1. The van der Waals surface area contributed by atoms with Gasteiger partial charge in [0.05, 0.1) is 13.7 Å². The number of nitrogens with zero attached hydrogens (tertiary/aromatic N) is 2. The molecular weight excluding hydrogens is 368 g/mol. The molecule has 0 aliphatic carbocycles. The molecule has 0 N–H and O–H groups in total. The maximum Gasteiger partial charge on any atom is 0.354 e. The molecule has 6 nitrogen and oxygen atoms in total. The minimum Gasteiger partial charge on any atom is -0.464 e. The SMILES string of the molecule is CCn1c(C)c(C(=O)CN(CC(C)C)C(=O)c2ccccc2)c(C)c1C(=O)OC. The van der Waals surface area contributed by atoms with Crippen LogP contribution in [0.3, 0.4) is 0 Å². The topological polar surface area (TPSA) is 68.6 Å². The van der Waals surface area contributed by atoms with Crippen LogP contribution in [0.5, 0.6) is 0 Å². The second-order valence-corrected chi connectivity index (χ2v) is 7.54. The fourth-order valence-corrected chi connectivity index (χ4v) is 3.74. The third-order valence-electron chi connectivity index (χ3n) is 4.97. The normalized spacial score (nSPS) is 10.9. The molecule has 29 heavy (non-hydrogen) atoms. The summed E-state index contributed by atoms with van der Waals surface area (Å²) in [6.45, 7) is 10.5. The highest BCUT2D eigenvalue weighted by atomic mass is 16.5. The van der Waals surface area contributed by atoms with Crippen LogP contribution in [-0.4, -0.2) is 47.3 Å². The second kappa shape index (κ2) is 9.54. The van der Waals surface area contributed by atoms with Crippen molar-refractivity contribution in [1.29, 1.82) is 0 Å². The van der Waals surface area contributed by atoms with Crippen LogP contribution in [0, 0.1) is 19.8 Å². The van der Waals surface area contributed by atoms with E-state index in [9.17, 15) is 14.4 Å². The molecular formula is C23H30N2O4. The first-order chi connectivity index (χ1) is 13.7. The molecule has 1 aromatic carbocycles. The Bertz CT molecular complexity index is 897. The van der Waals surface area contributed by atoms with E-state index >= 15 is 0 Å². The molecule has 0 saturated heterocycles. The molecule has 1 heterocycles. The Labute approximate surface area is 172 Å². The lowest BCUT2D eigenvalue weighted by atomic mass is 10.0. The van der Waals surface area contributed by atoms with Crippen LogP contribution in [0.1, 0.15) is 63.2 Å². The van der Waals surface area contributed by atoms with E-state index in [4.69, 9.17) is 4.74 Å². The highest BCUT2D eigenvalue weighted by Crippen LogP contribution is 2.24. The molecule has 0 saturated carbocycles. The zero-order valence-corrected chi connectivity index (χ0v) is 18.1. The summed E-state index contributed by atoms with van der Waals surface area (Å²) < 4.78 is 6.69. The van der Waals surface area contributed by atoms with Crippen molar-refractivity contribution in [1.82, 2.24) is 9.47 Å². The van der Waals surface area contributed by atoms with Gasteiger partial charge in [-0.05, 0) is 44.4 Å². The number of methoxy groups -OCH3 is 1. The molecule has 0 aliphatic heterocycles. The minimum absolute atomic E-state index is 0.0398. The lowest BCUT2D eigenvalue weighted by molar-refractivity contribution is 0.0587. The number of carbonyl (C=O) groups is 3. The largest absolute Gasteiger partial charge is 0.464 e. The quantitative estimate of drug-likeness (QED) is 0.500. The minimum atomic E-state index is -0.467. The molecule has 0 unspecified atom stereocenters. The number of Topliss-reactive ketones (excluding diaryl/α,β-unsaturated/α-hetero) is 1. The van der Waals surface area contributed by atoms with Crippen molar-refractivity contribution in [2.45, 2.75) is 41.2 Å². The molecule has 2 rings (SSSR count). The number of esters is 1. The van der Waals surface area contributed by atoms with E-state index in [1.165, 1.54) is 7.11 Å². The lowest BCUT2D eigenvalue weighted by Crippen LogP contribution is -2.38. The van der Waals surface area contributed by atoms with E-state index in [1.54, 1.807) is 40.7 Å². The van der Waals surface area contributed by atoms with Crippen LogP contribution < -0.4 is 0 Å². The number of rotatable bonds is 8. The summed E-state index contributed by atoms with van der Waals surface area (Å²) in [7, 11) is 1.33. The molecule has 156 valence electrons.